The third-order valence-electron chi connectivity index (χ3n) is 3.74. The van der Waals surface area contributed by atoms with Crippen LogP contribution in [-0.4, -0.2) is 31.7 Å². The molecule has 0 atom stereocenters. The second-order valence-electron chi connectivity index (χ2n) is 5.74. The Labute approximate surface area is 152 Å². The molecule has 0 aromatic heterocycles. The highest BCUT2D eigenvalue weighted by atomic mass is 35.5. The van der Waals surface area contributed by atoms with Crippen LogP contribution in [0.15, 0.2) is 42.5 Å². The molecule has 0 fully saturated rings. The number of halogens is 2. The SMILES string of the molecule is CN(C/C=C/c1ccc(Cl)cc1Cl)Cc1ccc2c(c1)OCCO2. The van der Waals surface area contributed by atoms with E-state index in [4.69, 9.17) is 32.7 Å². The second-order valence-corrected chi connectivity index (χ2v) is 6.59. The van der Waals surface area contributed by atoms with Crippen LogP contribution in [0, 0.1) is 0 Å². The minimum absolute atomic E-state index is 0.608. The smallest absolute Gasteiger partial charge is 0.161 e. The summed E-state index contributed by atoms with van der Waals surface area (Å²) in [6, 6.07) is 11.6. The van der Waals surface area contributed by atoms with Gasteiger partial charge in [0.15, 0.2) is 11.5 Å². The zero-order valence-electron chi connectivity index (χ0n) is 13.5. The fraction of sp³-hybridized carbons (Fsp3) is 0.263. The van der Waals surface area contributed by atoms with Gasteiger partial charge in [0.1, 0.15) is 13.2 Å². The van der Waals surface area contributed by atoms with Gasteiger partial charge in [0, 0.05) is 23.1 Å². The molecule has 0 radical (unpaired) electrons. The number of rotatable bonds is 5. The summed E-state index contributed by atoms with van der Waals surface area (Å²) in [6.45, 7) is 2.86. The van der Waals surface area contributed by atoms with Crippen molar-refractivity contribution in [3.63, 3.8) is 0 Å². The molecule has 5 heteroatoms. The van der Waals surface area contributed by atoms with Crippen LogP contribution in [0.25, 0.3) is 6.08 Å². The van der Waals surface area contributed by atoms with E-state index in [1.54, 1.807) is 6.07 Å². The Bertz CT molecular complexity index is 746. The number of ether oxygens (including phenoxy) is 2. The van der Waals surface area contributed by atoms with Gasteiger partial charge in [-0.05, 0) is 42.4 Å². The van der Waals surface area contributed by atoms with Crippen LogP contribution < -0.4 is 9.47 Å². The Hall–Kier alpha value is -1.68. The first-order chi connectivity index (χ1) is 11.6. The van der Waals surface area contributed by atoms with Gasteiger partial charge in [-0.3, -0.25) is 4.90 Å². The summed E-state index contributed by atoms with van der Waals surface area (Å²) in [5.41, 5.74) is 2.16. The van der Waals surface area contributed by atoms with Crippen LogP contribution in [-0.2, 0) is 6.54 Å². The van der Waals surface area contributed by atoms with Crippen LogP contribution in [0.4, 0.5) is 0 Å². The van der Waals surface area contributed by atoms with Gasteiger partial charge in [-0.1, -0.05) is 47.5 Å². The molecule has 3 nitrogen and oxygen atoms in total. The molecule has 126 valence electrons. The van der Waals surface area contributed by atoms with E-state index in [1.807, 2.05) is 30.3 Å². The molecule has 24 heavy (non-hydrogen) atoms. The lowest BCUT2D eigenvalue weighted by molar-refractivity contribution is 0.171. The first-order valence-corrected chi connectivity index (χ1v) is 8.56. The predicted molar refractivity (Wildman–Crippen MR) is 99.3 cm³/mol. The van der Waals surface area contributed by atoms with E-state index in [0.717, 1.165) is 30.2 Å². The van der Waals surface area contributed by atoms with Crippen molar-refractivity contribution in [2.75, 3.05) is 26.8 Å². The van der Waals surface area contributed by atoms with Crippen molar-refractivity contribution in [1.82, 2.24) is 4.90 Å². The van der Waals surface area contributed by atoms with E-state index < -0.39 is 0 Å². The zero-order chi connectivity index (χ0) is 16.9. The molecule has 3 rings (SSSR count). The molecule has 0 unspecified atom stereocenters. The largest absolute Gasteiger partial charge is 0.486 e. The highest BCUT2D eigenvalue weighted by Crippen LogP contribution is 2.31. The maximum atomic E-state index is 6.17. The van der Waals surface area contributed by atoms with Crippen LogP contribution in [0.2, 0.25) is 10.0 Å². The van der Waals surface area contributed by atoms with Crippen molar-refractivity contribution < 1.29 is 9.47 Å². The van der Waals surface area contributed by atoms with Gasteiger partial charge in [0.25, 0.3) is 0 Å². The highest BCUT2D eigenvalue weighted by molar-refractivity contribution is 6.35. The van der Waals surface area contributed by atoms with Crippen molar-refractivity contribution in [3.8, 4) is 11.5 Å². The van der Waals surface area contributed by atoms with E-state index in [1.165, 1.54) is 5.56 Å². The molecule has 0 bridgehead atoms. The van der Waals surface area contributed by atoms with Gasteiger partial charge < -0.3 is 9.47 Å². The van der Waals surface area contributed by atoms with Crippen LogP contribution in [0.5, 0.6) is 11.5 Å². The third-order valence-corrected chi connectivity index (χ3v) is 4.30. The zero-order valence-corrected chi connectivity index (χ0v) is 15.0. The predicted octanol–water partition coefficient (Wildman–Crippen LogP) is 4.91. The normalized spacial score (nSPS) is 13.7. The standard InChI is InChI=1S/C19H19Cl2NO2/c1-22(8-2-3-15-5-6-16(20)12-17(15)21)13-14-4-7-18-19(11-14)24-10-9-23-18/h2-7,11-12H,8-10,13H2,1H3/b3-2+. The lowest BCUT2D eigenvalue weighted by atomic mass is 10.1. The number of hydrogen-bond acceptors (Lipinski definition) is 3. The van der Waals surface area contributed by atoms with Crippen LogP contribution in [0.1, 0.15) is 11.1 Å². The maximum Gasteiger partial charge on any atom is 0.161 e. The molecule has 1 aliphatic rings. The summed E-state index contributed by atoms with van der Waals surface area (Å²) in [7, 11) is 2.07. The summed E-state index contributed by atoms with van der Waals surface area (Å²) in [5, 5.41) is 1.31. The average molecular weight is 364 g/mol. The van der Waals surface area contributed by atoms with Crippen LogP contribution >= 0.6 is 23.2 Å². The van der Waals surface area contributed by atoms with E-state index in [-0.39, 0.29) is 0 Å². The summed E-state index contributed by atoms with van der Waals surface area (Å²) in [4.78, 5) is 2.21. The summed E-state index contributed by atoms with van der Waals surface area (Å²) >= 11 is 12.1. The average Bonchev–Trinajstić information content (AvgIpc) is 2.57. The van der Waals surface area contributed by atoms with Gasteiger partial charge in [-0.25, -0.2) is 0 Å². The Balaban J connectivity index is 1.57. The van der Waals surface area contributed by atoms with E-state index >= 15 is 0 Å². The molecular formula is C19H19Cl2NO2. The van der Waals surface area contributed by atoms with E-state index in [9.17, 15) is 0 Å². The van der Waals surface area contributed by atoms with Gasteiger partial charge in [0.2, 0.25) is 0 Å². The van der Waals surface area contributed by atoms with Crippen molar-refractivity contribution >= 4 is 29.3 Å². The number of hydrogen-bond donors (Lipinski definition) is 0. The fourth-order valence-corrected chi connectivity index (χ4v) is 3.03. The molecule has 0 saturated carbocycles. The molecule has 2 aromatic carbocycles. The number of fused-ring (bicyclic) bond motifs is 1. The molecule has 1 aliphatic heterocycles. The van der Waals surface area contributed by atoms with Gasteiger partial charge >= 0.3 is 0 Å². The molecule has 0 spiro atoms. The first-order valence-electron chi connectivity index (χ1n) is 7.80. The summed E-state index contributed by atoms with van der Waals surface area (Å²) in [6.07, 6.45) is 4.10. The molecule has 0 amide bonds. The van der Waals surface area contributed by atoms with E-state index in [2.05, 4.69) is 24.1 Å². The monoisotopic (exact) mass is 363 g/mol. The molecule has 2 aromatic rings. The van der Waals surface area contributed by atoms with Gasteiger partial charge in [-0.2, -0.15) is 0 Å². The van der Waals surface area contributed by atoms with E-state index in [0.29, 0.717) is 23.3 Å². The Morgan fingerprint density at radius 2 is 1.83 bits per heavy atom. The summed E-state index contributed by atoms with van der Waals surface area (Å²) < 4.78 is 11.2. The van der Waals surface area contributed by atoms with Crippen molar-refractivity contribution in [2.45, 2.75) is 6.54 Å². The van der Waals surface area contributed by atoms with Gasteiger partial charge in [-0.15, -0.1) is 0 Å². The lowest BCUT2D eigenvalue weighted by Gasteiger charge is -2.20. The molecular weight excluding hydrogens is 345 g/mol. The quantitative estimate of drug-likeness (QED) is 0.753. The topological polar surface area (TPSA) is 21.7 Å². The Morgan fingerprint density at radius 3 is 2.62 bits per heavy atom. The molecule has 0 saturated heterocycles. The van der Waals surface area contributed by atoms with Crippen molar-refractivity contribution in [1.29, 1.82) is 0 Å². The minimum Gasteiger partial charge on any atom is -0.486 e. The Morgan fingerprint density at radius 1 is 1.04 bits per heavy atom. The molecule has 0 N–H and O–H groups in total. The minimum atomic E-state index is 0.608. The van der Waals surface area contributed by atoms with Gasteiger partial charge in [0.05, 0.1) is 0 Å². The third kappa shape index (κ3) is 4.44. The van der Waals surface area contributed by atoms with Crippen molar-refractivity contribution in [3.05, 3.63) is 63.6 Å². The number of benzene rings is 2. The number of nitrogens with zero attached hydrogens (tertiary/aromatic N) is 1. The van der Waals surface area contributed by atoms with Crippen LogP contribution in [0.3, 0.4) is 0 Å². The first kappa shape index (κ1) is 17.2. The maximum absolute atomic E-state index is 6.17. The summed E-state index contributed by atoms with van der Waals surface area (Å²) in [5.74, 6) is 1.65. The second kappa shape index (κ2) is 7.93. The number of likely N-dealkylation sites (N-methyl/N-ethyl adjacent to an activating group) is 1. The van der Waals surface area contributed by atoms with Crippen molar-refractivity contribution in [2.24, 2.45) is 0 Å². The lowest BCUT2D eigenvalue weighted by Crippen LogP contribution is -2.19. The Kier molecular flexibility index (Phi) is 5.67. The fourth-order valence-electron chi connectivity index (χ4n) is 2.56. The molecule has 1 heterocycles. The molecule has 0 aliphatic carbocycles. The highest BCUT2D eigenvalue weighted by Gasteiger charge is 2.12.